The van der Waals surface area contributed by atoms with E-state index in [1.165, 1.54) is 119 Å². The number of benzene rings is 2. The van der Waals surface area contributed by atoms with E-state index in [2.05, 4.69) is 56.3 Å². The summed E-state index contributed by atoms with van der Waals surface area (Å²) < 4.78 is 0. The molecule has 0 spiro atoms. The molecule has 0 aliphatic rings. The summed E-state index contributed by atoms with van der Waals surface area (Å²) in [6, 6.07) is 15.9. The monoisotopic (exact) mass is 427 g/mol. The fourth-order valence-electron chi connectivity index (χ4n) is 4.49. The van der Waals surface area contributed by atoms with Gasteiger partial charge in [0.2, 0.25) is 0 Å². The molecule has 0 heterocycles. The van der Waals surface area contributed by atoms with Crippen LogP contribution in [0.4, 0.5) is 0 Å². The zero-order chi connectivity index (χ0) is 21.3. The van der Waals surface area contributed by atoms with Gasteiger partial charge in [-0.3, -0.25) is 0 Å². The molecule has 0 aliphatic heterocycles. The van der Waals surface area contributed by atoms with Crippen molar-refractivity contribution in [2.24, 2.45) is 0 Å². The summed E-state index contributed by atoms with van der Waals surface area (Å²) in [6.45, 7) is 4.64. The van der Waals surface area contributed by atoms with Crippen molar-refractivity contribution in [2.45, 2.75) is 115 Å². The van der Waals surface area contributed by atoms with Crippen molar-refractivity contribution in [3.8, 4) is 0 Å². The summed E-state index contributed by atoms with van der Waals surface area (Å²) in [7, 11) is 0.421. The average Bonchev–Trinajstić information content (AvgIpc) is 2.78. The van der Waals surface area contributed by atoms with Crippen molar-refractivity contribution in [3.05, 3.63) is 42.5 Å². The molecule has 2 aromatic carbocycles. The topological polar surface area (TPSA) is 0 Å². The summed E-state index contributed by atoms with van der Waals surface area (Å²) in [6.07, 6.45) is 21.5. The van der Waals surface area contributed by atoms with Crippen LogP contribution in [0.1, 0.15) is 110 Å². The van der Waals surface area contributed by atoms with Crippen LogP contribution in [0.5, 0.6) is 0 Å². The predicted molar refractivity (Wildman–Crippen MR) is 140 cm³/mol. The molecule has 1 heteroatoms. The van der Waals surface area contributed by atoms with Gasteiger partial charge in [0.15, 0.2) is 4.90 Å². The van der Waals surface area contributed by atoms with E-state index >= 15 is 0 Å². The SMILES string of the molecule is CCCCCCCCCCCCCCCC[S+](CCC)c1cccc2ccccc12. The molecule has 0 N–H and O–H groups in total. The summed E-state index contributed by atoms with van der Waals surface area (Å²) in [4.78, 5) is 1.62. The lowest BCUT2D eigenvalue weighted by atomic mass is 10.0. The van der Waals surface area contributed by atoms with Gasteiger partial charge >= 0.3 is 0 Å². The molecule has 0 fully saturated rings. The molecule has 0 saturated carbocycles. The summed E-state index contributed by atoms with van der Waals surface area (Å²) in [5.74, 6) is 2.74. The van der Waals surface area contributed by atoms with Crippen LogP contribution < -0.4 is 0 Å². The average molecular weight is 428 g/mol. The Balaban J connectivity index is 1.55. The Morgan fingerprint density at radius 1 is 0.500 bits per heavy atom. The Morgan fingerprint density at radius 3 is 1.63 bits per heavy atom. The van der Waals surface area contributed by atoms with Crippen LogP contribution in [0.2, 0.25) is 0 Å². The van der Waals surface area contributed by atoms with Gasteiger partial charge in [-0.1, -0.05) is 121 Å². The minimum atomic E-state index is 0.421. The number of fused-ring (bicyclic) bond motifs is 1. The van der Waals surface area contributed by atoms with E-state index in [4.69, 9.17) is 0 Å². The molecule has 2 aromatic rings. The van der Waals surface area contributed by atoms with Gasteiger partial charge in [0.05, 0.1) is 0 Å². The molecule has 168 valence electrons. The lowest BCUT2D eigenvalue weighted by molar-refractivity contribution is 0.538. The molecular weight excluding hydrogens is 380 g/mol. The maximum atomic E-state index is 2.39. The third-order valence-electron chi connectivity index (χ3n) is 6.26. The molecule has 2 rings (SSSR count). The van der Waals surface area contributed by atoms with Crippen LogP contribution in [0.3, 0.4) is 0 Å². The van der Waals surface area contributed by atoms with Crippen LogP contribution in [0.25, 0.3) is 10.8 Å². The Kier molecular flexibility index (Phi) is 14.1. The molecule has 0 aliphatic carbocycles. The normalized spacial score (nSPS) is 12.5. The molecule has 1 unspecified atom stereocenters. The molecular formula is C29H47S+. The first-order valence-corrected chi connectivity index (χ1v) is 14.6. The highest BCUT2D eigenvalue weighted by Crippen LogP contribution is 2.27. The van der Waals surface area contributed by atoms with Crippen molar-refractivity contribution in [3.63, 3.8) is 0 Å². The molecule has 0 nitrogen and oxygen atoms in total. The molecule has 0 bridgehead atoms. The summed E-state index contributed by atoms with van der Waals surface area (Å²) >= 11 is 0. The van der Waals surface area contributed by atoms with Gasteiger partial charge in [0.25, 0.3) is 0 Å². The van der Waals surface area contributed by atoms with E-state index in [0.717, 1.165) is 0 Å². The number of hydrogen-bond acceptors (Lipinski definition) is 0. The lowest BCUT2D eigenvalue weighted by Crippen LogP contribution is -2.13. The van der Waals surface area contributed by atoms with E-state index in [-0.39, 0.29) is 0 Å². The largest absolute Gasteiger partial charge is 0.162 e. The van der Waals surface area contributed by atoms with Crippen LogP contribution >= 0.6 is 0 Å². The van der Waals surface area contributed by atoms with Gasteiger partial charge < -0.3 is 0 Å². The standard InChI is InChI=1S/C29H47S/c1-3-5-6-7-8-9-10-11-12-13-14-15-16-19-26-30(25-4-2)29-24-20-22-27-21-17-18-23-28(27)29/h17-18,20-24H,3-16,19,25-26H2,1-2H3/q+1. The Hall–Kier alpha value is -0.950. The van der Waals surface area contributed by atoms with E-state index in [9.17, 15) is 0 Å². The first kappa shape index (κ1) is 25.3. The van der Waals surface area contributed by atoms with Crippen LogP contribution in [0.15, 0.2) is 47.4 Å². The minimum Gasteiger partial charge on any atom is -0.0654 e. The van der Waals surface area contributed by atoms with E-state index < -0.39 is 0 Å². The first-order chi connectivity index (χ1) is 14.9. The predicted octanol–water partition coefficient (Wildman–Crippen LogP) is 9.71. The lowest BCUT2D eigenvalue weighted by Gasteiger charge is -2.10. The highest BCUT2D eigenvalue weighted by molar-refractivity contribution is 7.97. The Morgan fingerprint density at radius 2 is 1.03 bits per heavy atom. The van der Waals surface area contributed by atoms with Crippen molar-refractivity contribution >= 4 is 21.7 Å². The third-order valence-corrected chi connectivity index (χ3v) is 8.92. The molecule has 0 radical (unpaired) electrons. The molecule has 0 saturated heterocycles. The van der Waals surface area contributed by atoms with Crippen molar-refractivity contribution < 1.29 is 0 Å². The summed E-state index contributed by atoms with van der Waals surface area (Å²) in [5.41, 5.74) is 0. The molecule has 30 heavy (non-hydrogen) atoms. The zero-order valence-corrected chi connectivity index (χ0v) is 20.8. The second kappa shape index (κ2) is 16.7. The van der Waals surface area contributed by atoms with Gasteiger partial charge in [-0.15, -0.1) is 0 Å². The highest BCUT2D eigenvalue weighted by atomic mass is 32.2. The van der Waals surface area contributed by atoms with E-state index in [0.29, 0.717) is 10.9 Å². The van der Waals surface area contributed by atoms with E-state index in [1.807, 2.05) is 0 Å². The number of rotatable bonds is 18. The Labute approximate surface area is 190 Å². The highest BCUT2D eigenvalue weighted by Gasteiger charge is 2.22. The number of hydrogen-bond donors (Lipinski definition) is 0. The zero-order valence-electron chi connectivity index (χ0n) is 20.0. The fraction of sp³-hybridized carbons (Fsp3) is 0.655. The minimum absolute atomic E-state index is 0.421. The Bertz CT molecular complexity index is 657. The fourth-order valence-corrected chi connectivity index (χ4v) is 6.94. The van der Waals surface area contributed by atoms with Gasteiger partial charge in [0.1, 0.15) is 11.5 Å². The smallest absolute Gasteiger partial charge is 0.0654 e. The van der Waals surface area contributed by atoms with Crippen LogP contribution in [-0.4, -0.2) is 11.5 Å². The second-order valence-corrected chi connectivity index (χ2v) is 11.2. The molecule has 1 atom stereocenters. The van der Waals surface area contributed by atoms with Crippen LogP contribution in [0, 0.1) is 0 Å². The van der Waals surface area contributed by atoms with Gasteiger partial charge in [-0.2, -0.15) is 0 Å². The number of unbranched alkanes of at least 4 members (excludes halogenated alkanes) is 13. The van der Waals surface area contributed by atoms with Gasteiger partial charge in [-0.25, -0.2) is 0 Å². The van der Waals surface area contributed by atoms with Crippen molar-refractivity contribution in [1.82, 2.24) is 0 Å². The third kappa shape index (κ3) is 9.90. The molecule has 0 amide bonds. The van der Waals surface area contributed by atoms with Crippen LogP contribution in [-0.2, 0) is 10.9 Å². The first-order valence-electron chi connectivity index (χ1n) is 13.0. The van der Waals surface area contributed by atoms with E-state index in [1.54, 1.807) is 4.90 Å². The quantitative estimate of drug-likeness (QED) is 0.164. The van der Waals surface area contributed by atoms with Crippen molar-refractivity contribution in [1.29, 1.82) is 0 Å². The van der Waals surface area contributed by atoms with Gasteiger partial charge in [0, 0.05) is 16.3 Å². The van der Waals surface area contributed by atoms with Gasteiger partial charge in [-0.05, 0) is 36.8 Å². The van der Waals surface area contributed by atoms with Crippen molar-refractivity contribution in [2.75, 3.05) is 11.5 Å². The summed E-state index contributed by atoms with van der Waals surface area (Å²) in [5, 5.41) is 2.90. The maximum absolute atomic E-state index is 2.39. The molecule has 0 aromatic heterocycles. The second-order valence-electron chi connectivity index (χ2n) is 8.97. The maximum Gasteiger partial charge on any atom is 0.162 e.